The molecular weight excluding hydrogens is 322 g/mol. The van der Waals surface area contributed by atoms with E-state index in [9.17, 15) is 4.79 Å². The number of carbonyl (C=O) groups is 1. The van der Waals surface area contributed by atoms with E-state index >= 15 is 0 Å². The van der Waals surface area contributed by atoms with Gasteiger partial charge in [-0.15, -0.1) is 11.3 Å². The first-order chi connectivity index (χ1) is 11.6. The number of rotatable bonds is 5. The Morgan fingerprint density at radius 3 is 2.75 bits per heavy atom. The molecule has 2 heterocycles. The first kappa shape index (κ1) is 16.2. The minimum atomic E-state index is -0.152. The van der Waals surface area contributed by atoms with Crippen molar-refractivity contribution < 1.29 is 4.79 Å². The lowest BCUT2D eigenvalue weighted by Crippen LogP contribution is -2.30. The lowest BCUT2D eigenvalue weighted by molar-refractivity contribution is 0.220. The van der Waals surface area contributed by atoms with E-state index in [1.807, 2.05) is 53.6 Å². The van der Waals surface area contributed by atoms with E-state index in [1.165, 1.54) is 11.3 Å². The summed E-state index contributed by atoms with van der Waals surface area (Å²) in [6, 6.07) is 7.64. The highest BCUT2D eigenvalue weighted by Crippen LogP contribution is 2.13. The van der Waals surface area contributed by atoms with Crippen LogP contribution in [0, 0.1) is 6.92 Å². The molecule has 6 nitrogen and oxygen atoms in total. The molecule has 1 aromatic carbocycles. The van der Waals surface area contributed by atoms with Gasteiger partial charge < -0.3 is 10.2 Å². The number of benzene rings is 1. The van der Waals surface area contributed by atoms with Crippen LogP contribution in [-0.4, -0.2) is 32.7 Å². The highest BCUT2D eigenvalue weighted by atomic mass is 32.1. The summed E-state index contributed by atoms with van der Waals surface area (Å²) in [5.74, 6) is 0. The third-order valence-corrected chi connectivity index (χ3v) is 4.28. The quantitative estimate of drug-likeness (QED) is 0.774. The first-order valence-corrected chi connectivity index (χ1v) is 8.46. The zero-order chi connectivity index (χ0) is 16.9. The normalized spacial score (nSPS) is 10.6. The second-order valence-corrected chi connectivity index (χ2v) is 6.60. The lowest BCUT2D eigenvalue weighted by Gasteiger charge is -2.16. The van der Waals surface area contributed by atoms with Gasteiger partial charge in [-0.1, -0.05) is 12.1 Å². The fourth-order valence-corrected chi connectivity index (χ4v) is 2.93. The summed E-state index contributed by atoms with van der Waals surface area (Å²) in [5, 5.41) is 9.98. The molecule has 1 N–H and O–H groups in total. The molecule has 3 rings (SSSR count). The molecule has 124 valence electrons. The lowest BCUT2D eigenvalue weighted by atomic mass is 10.2. The molecule has 7 heteroatoms. The number of amides is 2. The molecule has 0 radical (unpaired) electrons. The van der Waals surface area contributed by atoms with E-state index in [1.54, 1.807) is 18.1 Å². The summed E-state index contributed by atoms with van der Waals surface area (Å²) in [6.07, 6.45) is 5.59. The Morgan fingerprint density at radius 2 is 2.12 bits per heavy atom. The van der Waals surface area contributed by atoms with Gasteiger partial charge in [-0.3, -0.25) is 4.68 Å². The molecule has 0 bridgehead atoms. The van der Waals surface area contributed by atoms with Gasteiger partial charge in [-0.2, -0.15) is 5.10 Å². The SMILES string of the molecule is Cc1cnn(Cc2ccc(NC(=O)N(C)Cc3nccs3)cc2)c1. The number of hydrogen-bond acceptors (Lipinski definition) is 4. The van der Waals surface area contributed by atoms with Crippen molar-refractivity contribution in [2.75, 3.05) is 12.4 Å². The summed E-state index contributed by atoms with van der Waals surface area (Å²) in [7, 11) is 1.76. The van der Waals surface area contributed by atoms with Crippen LogP contribution in [0.4, 0.5) is 10.5 Å². The fraction of sp³-hybridized carbons (Fsp3) is 0.235. The Balaban J connectivity index is 1.56. The van der Waals surface area contributed by atoms with Crippen LogP contribution in [0.25, 0.3) is 0 Å². The zero-order valence-electron chi connectivity index (χ0n) is 13.6. The van der Waals surface area contributed by atoms with Crippen LogP contribution in [0.3, 0.4) is 0 Å². The summed E-state index contributed by atoms with van der Waals surface area (Å²) in [4.78, 5) is 18.0. The van der Waals surface area contributed by atoms with Crippen molar-refractivity contribution in [3.05, 3.63) is 64.4 Å². The van der Waals surface area contributed by atoms with Crippen molar-refractivity contribution in [2.24, 2.45) is 0 Å². The van der Waals surface area contributed by atoms with Crippen LogP contribution in [0.5, 0.6) is 0 Å². The van der Waals surface area contributed by atoms with Gasteiger partial charge in [-0.05, 0) is 30.2 Å². The van der Waals surface area contributed by atoms with Crippen molar-refractivity contribution in [2.45, 2.75) is 20.0 Å². The summed E-state index contributed by atoms with van der Waals surface area (Å²) < 4.78 is 1.89. The molecule has 2 amide bonds. The molecule has 2 aromatic heterocycles. The number of thiazole rings is 1. The minimum Gasteiger partial charge on any atom is -0.321 e. The van der Waals surface area contributed by atoms with Crippen molar-refractivity contribution >= 4 is 23.1 Å². The average Bonchev–Trinajstić information content (AvgIpc) is 3.21. The second-order valence-electron chi connectivity index (χ2n) is 5.62. The van der Waals surface area contributed by atoms with Crippen LogP contribution >= 0.6 is 11.3 Å². The number of aryl methyl sites for hydroxylation is 1. The number of nitrogens with one attached hydrogen (secondary N) is 1. The van der Waals surface area contributed by atoms with Gasteiger partial charge in [0.1, 0.15) is 5.01 Å². The molecule has 0 aliphatic heterocycles. The van der Waals surface area contributed by atoms with Crippen LogP contribution < -0.4 is 5.32 Å². The maximum absolute atomic E-state index is 12.2. The van der Waals surface area contributed by atoms with Gasteiger partial charge in [0.25, 0.3) is 0 Å². The predicted octanol–water partition coefficient (Wildman–Crippen LogP) is 3.36. The molecule has 0 saturated carbocycles. The minimum absolute atomic E-state index is 0.152. The average molecular weight is 341 g/mol. The van der Waals surface area contributed by atoms with Gasteiger partial charge in [0.05, 0.1) is 19.3 Å². The topological polar surface area (TPSA) is 63.1 Å². The molecule has 0 aliphatic rings. The Kier molecular flexibility index (Phi) is 4.90. The predicted molar refractivity (Wildman–Crippen MR) is 95.1 cm³/mol. The summed E-state index contributed by atoms with van der Waals surface area (Å²) in [5.41, 5.74) is 3.04. The number of anilines is 1. The third-order valence-electron chi connectivity index (χ3n) is 3.51. The van der Waals surface area contributed by atoms with Gasteiger partial charge >= 0.3 is 6.03 Å². The van der Waals surface area contributed by atoms with Crippen LogP contribution in [-0.2, 0) is 13.1 Å². The molecule has 0 unspecified atom stereocenters. The van der Waals surface area contributed by atoms with Gasteiger partial charge in [0.15, 0.2) is 0 Å². The standard InChI is InChI=1S/C17H19N5OS/c1-13-9-19-22(10-13)11-14-3-5-15(6-4-14)20-17(23)21(2)12-16-18-7-8-24-16/h3-10H,11-12H2,1-2H3,(H,20,23). The molecule has 0 aliphatic carbocycles. The Labute approximate surface area is 144 Å². The Hall–Kier alpha value is -2.67. The molecule has 0 atom stereocenters. The van der Waals surface area contributed by atoms with E-state index < -0.39 is 0 Å². The van der Waals surface area contributed by atoms with E-state index in [0.29, 0.717) is 13.1 Å². The van der Waals surface area contributed by atoms with Gasteiger partial charge in [-0.25, -0.2) is 9.78 Å². The Bertz CT molecular complexity index is 795. The van der Waals surface area contributed by atoms with Crippen molar-refractivity contribution in [1.29, 1.82) is 0 Å². The largest absolute Gasteiger partial charge is 0.321 e. The highest BCUT2D eigenvalue weighted by molar-refractivity contribution is 7.09. The number of carbonyl (C=O) groups excluding carboxylic acids is 1. The van der Waals surface area contributed by atoms with Gasteiger partial charge in [0, 0.05) is 30.5 Å². The number of nitrogens with zero attached hydrogens (tertiary/aromatic N) is 4. The third kappa shape index (κ3) is 4.20. The molecule has 0 spiro atoms. The smallest absolute Gasteiger partial charge is 0.321 e. The van der Waals surface area contributed by atoms with Gasteiger partial charge in [0.2, 0.25) is 0 Å². The van der Waals surface area contributed by atoms with Crippen LogP contribution in [0.2, 0.25) is 0 Å². The van der Waals surface area contributed by atoms with E-state index in [4.69, 9.17) is 0 Å². The van der Waals surface area contributed by atoms with Crippen molar-refractivity contribution in [3.63, 3.8) is 0 Å². The molecule has 3 aromatic rings. The van der Waals surface area contributed by atoms with Crippen molar-refractivity contribution in [3.8, 4) is 0 Å². The van der Waals surface area contributed by atoms with E-state index in [0.717, 1.165) is 21.8 Å². The zero-order valence-corrected chi connectivity index (χ0v) is 14.5. The molecule has 24 heavy (non-hydrogen) atoms. The number of urea groups is 1. The number of hydrogen-bond donors (Lipinski definition) is 1. The number of aromatic nitrogens is 3. The maximum Gasteiger partial charge on any atom is 0.321 e. The first-order valence-electron chi connectivity index (χ1n) is 7.58. The molecular formula is C17H19N5OS. The van der Waals surface area contributed by atoms with E-state index in [2.05, 4.69) is 15.4 Å². The van der Waals surface area contributed by atoms with Crippen molar-refractivity contribution in [1.82, 2.24) is 19.7 Å². The molecule has 0 fully saturated rings. The van der Waals surface area contributed by atoms with Crippen LogP contribution in [0.15, 0.2) is 48.2 Å². The monoisotopic (exact) mass is 341 g/mol. The van der Waals surface area contributed by atoms with E-state index in [-0.39, 0.29) is 6.03 Å². The fourth-order valence-electron chi connectivity index (χ4n) is 2.26. The Morgan fingerprint density at radius 1 is 1.33 bits per heavy atom. The molecule has 0 saturated heterocycles. The maximum atomic E-state index is 12.2. The summed E-state index contributed by atoms with van der Waals surface area (Å²) in [6.45, 7) is 3.23. The second kappa shape index (κ2) is 7.27. The highest BCUT2D eigenvalue weighted by Gasteiger charge is 2.10. The summed E-state index contributed by atoms with van der Waals surface area (Å²) >= 11 is 1.54. The van der Waals surface area contributed by atoms with Crippen LogP contribution in [0.1, 0.15) is 16.1 Å².